The van der Waals surface area contributed by atoms with Crippen LogP contribution in [-0.2, 0) is 0 Å². The topological polar surface area (TPSA) is 67.2 Å². The van der Waals surface area contributed by atoms with Crippen molar-refractivity contribution in [1.82, 2.24) is 9.78 Å². The predicted octanol–water partition coefficient (Wildman–Crippen LogP) is 3.53. The van der Waals surface area contributed by atoms with E-state index >= 15 is 0 Å². The van der Waals surface area contributed by atoms with Crippen molar-refractivity contribution in [3.63, 3.8) is 0 Å². The second kappa shape index (κ2) is 7.87. The zero-order chi connectivity index (χ0) is 20.4. The van der Waals surface area contributed by atoms with Crippen LogP contribution in [0.5, 0.6) is 0 Å². The molecule has 0 bridgehead atoms. The van der Waals surface area contributed by atoms with E-state index in [9.17, 15) is 14.0 Å². The number of aryl methyl sites for hydroxylation is 1. The van der Waals surface area contributed by atoms with Crippen molar-refractivity contribution in [3.05, 3.63) is 82.0 Å². The van der Waals surface area contributed by atoms with Crippen LogP contribution in [0.2, 0.25) is 0 Å². The molecule has 0 aliphatic carbocycles. The first-order valence-corrected chi connectivity index (χ1v) is 9.56. The standard InChI is InChI=1S/C22H21FN4O2/c1-15-14-20(28)21(25-27(15)18-10-4-2-8-16(18)23)22(29)24-17-9-3-5-11-19(17)26-12-6-7-13-26/h2-5,8-11,14H,6-7,12-13H2,1H3,(H,24,29). The highest BCUT2D eigenvalue weighted by Gasteiger charge is 2.20. The first kappa shape index (κ1) is 18.9. The molecule has 0 atom stereocenters. The van der Waals surface area contributed by atoms with Crippen LogP contribution in [0.15, 0.2) is 59.4 Å². The molecule has 0 radical (unpaired) electrons. The van der Waals surface area contributed by atoms with Crippen LogP contribution in [0.3, 0.4) is 0 Å². The number of carbonyl (C=O) groups excluding carboxylic acids is 1. The summed E-state index contributed by atoms with van der Waals surface area (Å²) in [6, 6.07) is 14.9. The number of hydrogen-bond acceptors (Lipinski definition) is 4. The van der Waals surface area contributed by atoms with Crippen LogP contribution in [0.25, 0.3) is 5.69 Å². The third-order valence-electron chi connectivity index (χ3n) is 5.00. The van der Waals surface area contributed by atoms with Gasteiger partial charge in [-0.25, -0.2) is 9.07 Å². The Morgan fingerprint density at radius 3 is 2.41 bits per heavy atom. The molecule has 3 aromatic rings. The van der Waals surface area contributed by atoms with E-state index in [-0.39, 0.29) is 11.4 Å². The van der Waals surface area contributed by atoms with Gasteiger partial charge >= 0.3 is 0 Å². The summed E-state index contributed by atoms with van der Waals surface area (Å²) < 4.78 is 15.5. The van der Waals surface area contributed by atoms with Gasteiger partial charge in [-0.15, -0.1) is 0 Å². The molecule has 1 aliphatic heterocycles. The fourth-order valence-corrected chi connectivity index (χ4v) is 3.57. The van der Waals surface area contributed by atoms with E-state index in [2.05, 4.69) is 15.3 Å². The van der Waals surface area contributed by atoms with Gasteiger partial charge in [-0.2, -0.15) is 5.10 Å². The van der Waals surface area contributed by atoms with E-state index in [1.807, 2.05) is 18.2 Å². The molecule has 2 aromatic carbocycles. The fraction of sp³-hybridized carbons (Fsp3) is 0.227. The first-order valence-electron chi connectivity index (χ1n) is 9.56. The third kappa shape index (κ3) is 3.76. The second-order valence-electron chi connectivity index (χ2n) is 7.03. The van der Waals surface area contributed by atoms with Gasteiger partial charge in [0.05, 0.1) is 11.4 Å². The molecule has 7 heteroatoms. The quantitative estimate of drug-likeness (QED) is 0.738. The average Bonchev–Trinajstić information content (AvgIpc) is 3.24. The molecule has 148 valence electrons. The number of nitrogens with one attached hydrogen (secondary N) is 1. The Bertz CT molecular complexity index is 1120. The second-order valence-corrected chi connectivity index (χ2v) is 7.03. The molecule has 1 saturated heterocycles. The van der Waals surface area contributed by atoms with E-state index in [4.69, 9.17) is 0 Å². The number of para-hydroxylation sites is 3. The molecule has 1 amide bonds. The lowest BCUT2D eigenvalue weighted by atomic mass is 10.2. The maximum Gasteiger partial charge on any atom is 0.280 e. The number of nitrogens with zero attached hydrogens (tertiary/aromatic N) is 3. The number of halogens is 1. The predicted molar refractivity (Wildman–Crippen MR) is 110 cm³/mol. The molecule has 4 rings (SSSR count). The minimum atomic E-state index is -0.619. The normalized spacial score (nSPS) is 13.5. The van der Waals surface area contributed by atoms with Gasteiger partial charge in [0, 0.05) is 24.8 Å². The van der Waals surface area contributed by atoms with E-state index in [1.54, 1.807) is 31.2 Å². The van der Waals surface area contributed by atoms with Crippen LogP contribution in [-0.4, -0.2) is 28.8 Å². The SMILES string of the molecule is Cc1cc(=O)c(C(=O)Nc2ccccc2N2CCCC2)nn1-c1ccccc1F. The number of benzene rings is 2. The fourth-order valence-electron chi connectivity index (χ4n) is 3.57. The number of amides is 1. The highest BCUT2D eigenvalue weighted by molar-refractivity contribution is 6.04. The van der Waals surface area contributed by atoms with Crippen molar-refractivity contribution < 1.29 is 9.18 Å². The highest BCUT2D eigenvalue weighted by atomic mass is 19.1. The van der Waals surface area contributed by atoms with Gasteiger partial charge in [0.25, 0.3) is 5.91 Å². The van der Waals surface area contributed by atoms with E-state index in [1.165, 1.54) is 16.8 Å². The Balaban J connectivity index is 1.69. The molecule has 0 saturated carbocycles. The summed E-state index contributed by atoms with van der Waals surface area (Å²) in [5.74, 6) is -1.11. The molecule has 29 heavy (non-hydrogen) atoms. The van der Waals surface area contributed by atoms with Gasteiger partial charge in [-0.05, 0) is 44.0 Å². The number of aromatic nitrogens is 2. The summed E-state index contributed by atoms with van der Waals surface area (Å²) in [5.41, 5.74) is 1.37. The number of carbonyl (C=O) groups is 1. The zero-order valence-electron chi connectivity index (χ0n) is 16.1. The Morgan fingerprint density at radius 1 is 1.03 bits per heavy atom. The summed E-state index contributed by atoms with van der Waals surface area (Å²) >= 11 is 0. The summed E-state index contributed by atoms with van der Waals surface area (Å²) in [4.78, 5) is 27.5. The van der Waals surface area contributed by atoms with Crippen molar-refractivity contribution in [2.75, 3.05) is 23.3 Å². The molecule has 0 spiro atoms. The van der Waals surface area contributed by atoms with Crippen LogP contribution in [0, 0.1) is 12.7 Å². The van der Waals surface area contributed by atoms with Crippen molar-refractivity contribution in [2.24, 2.45) is 0 Å². The largest absolute Gasteiger partial charge is 0.370 e. The van der Waals surface area contributed by atoms with Crippen molar-refractivity contribution in [1.29, 1.82) is 0 Å². The van der Waals surface area contributed by atoms with Crippen LogP contribution in [0.1, 0.15) is 29.0 Å². The molecule has 0 unspecified atom stereocenters. The molecule has 1 aromatic heterocycles. The van der Waals surface area contributed by atoms with Gasteiger partial charge in [0.1, 0.15) is 11.5 Å². The summed E-state index contributed by atoms with van der Waals surface area (Å²) in [5, 5.41) is 6.97. The third-order valence-corrected chi connectivity index (χ3v) is 5.00. The Hall–Kier alpha value is -3.48. The van der Waals surface area contributed by atoms with Gasteiger partial charge in [0.15, 0.2) is 5.69 Å². The molecule has 1 aliphatic rings. The lowest BCUT2D eigenvalue weighted by Gasteiger charge is -2.21. The van der Waals surface area contributed by atoms with Crippen LogP contribution >= 0.6 is 0 Å². The smallest absolute Gasteiger partial charge is 0.280 e. The Labute approximate surface area is 167 Å². The lowest BCUT2D eigenvalue weighted by Crippen LogP contribution is -2.28. The zero-order valence-corrected chi connectivity index (χ0v) is 16.1. The maximum atomic E-state index is 14.2. The number of hydrogen-bond donors (Lipinski definition) is 1. The minimum absolute atomic E-state index is 0.177. The van der Waals surface area contributed by atoms with Crippen molar-refractivity contribution >= 4 is 17.3 Å². The average molecular weight is 392 g/mol. The van der Waals surface area contributed by atoms with Gasteiger partial charge in [-0.3, -0.25) is 9.59 Å². The molecule has 1 N–H and O–H groups in total. The lowest BCUT2D eigenvalue weighted by molar-refractivity contribution is 0.101. The number of rotatable bonds is 4. The maximum absolute atomic E-state index is 14.2. The summed E-state index contributed by atoms with van der Waals surface area (Å²) in [6.07, 6.45) is 2.21. The van der Waals surface area contributed by atoms with E-state index in [0.717, 1.165) is 31.6 Å². The van der Waals surface area contributed by atoms with E-state index < -0.39 is 17.2 Å². The van der Waals surface area contributed by atoms with Gasteiger partial charge in [0.2, 0.25) is 5.43 Å². The van der Waals surface area contributed by atoms with Crippen molar-refractivity contribution in [2.45, 2.75) is 19.8 Å². The molecule has 1 fully saturated rings. The summed E-state index contributed by atoms with van der Waals surface area (Å²) in [6.45, 7) is 3.50. The Morgan fingerprint density at radius 2 is 1.69 bits per heavy atom. The van der Waals surface area contributed by atoms with Gasteiger partial charge in [-0.1, -0.05) is 24.3 Å². The molecule has 2 heterocycles. The van der Waals surface area contributed by atoms with Crippen molar-refractivity contribution in [3.8, 4) is 5.69 Å². The minimum Gasteiger partial charge on any atom is -0.370 e. The highest BCUT2D eigenvalue weighted by Crippen LogP contribution is 2.28. The number of anilines is 2. The molecular formula is C22H21FN4O2. The molecular weight excluding hydrogens is 371 g/mol. The van der Waals surface area contributed by atoms with Gasteiger partial charge < -0.3 is 10.2 Å². The summed E-state index contributed by atoms with van der Waals surface area (Å²) in [7, 11) is 0. The Kier molecular flexibility index (Phi) is 5.12. The van der Waals surface area contributed by atoms with Crippen LogP contribution < -0.4 is 15.6 Å². The van der Waals surface area contributed by atoms with Crippen LogP contribution in [0.4, 0.5) is 15.8 Å². The molecule has 6 nitrogen and oxygen atoms in total. The van der Waals surface area contributed by atoms with E-state index in [0.29, 0.717) is 11.4 Å². The monoisotopic (exact) mass is 392 g/mol. The first-order chi connectivity index (χ1) is 14.0.